The molecule has 1 atom stereocenters. The molecule has 1 aromatic heterocycles. The summed E-state index contributed by atoms with van der Waals surface area (Å²) < 4.78 is 0.856. The minimum Gasteiger partial charge on any atom is -0.310 e. The topological polar surface area (TPSA) is 53.8 Å². The highest BCUT2D eigenvalue weighted by Crippen LogP contribution is 2.13. The second-order valence-electron chi connectivity index (χ2n) is 3.61. The molecule has 4 heteroatoms. The van der Waals surface area contributed by atoms with Crippen molar-refractivity contribution in [3.63, 3.8) is 0 Å². The van der Waals surface area contributed by atoms with Gasteiger partial charge >= 0.3 is 0 Å². The quantitative estimate of drug-likeness (QED) is 0.674. The van der Waals surface area contributed by atoms with Crippen molar-refractivity contribution in [1.82, 2.24) is 4.98 Å². The number of pyridine rings is 1. The predicted molar refractivity (Wildman–Crippen MR) is 63.4 cm³/mol. The smallest absolute Gasteiger partial charge is 0.184 e. The zero-order chi connectivity index (χ0) is 11.4. The van der Waals surface area contributed by atoms with E-state index in [2.05, 4.69) is 20.9 Å². The van der Waals surface area contributed by atoms with E-state index in [0.717, 1.165) is 4.47 Å². The van der Waals surface area contributed by atoms with Crippen molar-refractivity contribution in [2.75, 3.05) is 0 Å². The first kappa shape index (κ1) is 12.0. The Labute approximate surface area is 97.6 Å². The molecule has 1 aromatic rings. The molecular weight excluding hydrogens is 256 g/mol. The van der Waals surface area contributed by atoms with E-state index in [4.69, 9.17) is 5.41 Å². The lowest BCUT2D eigenvalue weighted by Gasteiger charge is -2.08. The molecule has 3 nitrogen and oxygen atoms in total. The van der Waals surface area contributed by atoms with E-state index in [1.165, 1.54) is 0 Å². The van der Waals surface area contributed by atoms with Gasteiger partial charge in [-0.25, -0.2) is 0 Å². The van der Waals surface area contributed by atoms with Crippen LogP contribution in [-0.2, 0) is 0 Å². The third-order valence-electron chi connectivity index (χ3n) is 2.04. The molecule has 0 radical (unpaired) electrons. The van der Waals surface area contributed by atoms with E-state index >= 15 is 0 Å². The first-order valence-corrected chi connectivity index (χ1v) is 5.50. The summed E-state index contributed by atoms with van der Waals surface area (Å²) in [7, 11) is 0. The minimum absolute atomic E-state index is 0.00546. The standard InChI is InChI=1S/C11H13BrN2O/c1-7(5-8(2)13)11(15)10-4-3-9(12)6-14-10/h3-4,6-7,13H,5H2,1-2H3. The van der Waals surface area contributed by atoms with Crippen LogP contribution < -0.4 is 0 Å². The van der Waals surface area contributed by atoms with Crippen LogP contribution in [0, 0.1) is 11.3 Å². The second kappa shape index (κ2) is 5.16. The van der Waals surface area contributed by atoms with Crippen LogP contribution in [0.3, 0.4) is 0 Å². The van der Waals surface area contributed by atoms with Crippen LogP contribution in [0.25, 0.3) is 0 Å². The van der Waals surface area contributed by atoms with Crippen LogP contribution in [0.1, 0.15) is 30.8 Å². The molecule has 0 saturated carbocycles. The van der Waals surface area contributed by atoms with Crippen molar-refractivity contribution in [3.8, 4) is 0 Å². The fourth-order valence-corrected chi connectivity index (χ4v) is 1.56. The van der Waals surface area contributed by atoms with Crippen molar-refractivity contribution >= 4 is 27.4 Å². The van der Waals surface area contributed by atoms with Gasteiger partial charge in [-0.2, -0.15) is 0 Å². The molecule has 80 valence electrons. The van der Waals surface area contributed by atoms with E-state index in [-0.39, 0.29) is 11.7 Å². The normalized spacial score (nSPS) is 12.2. The van der Waals surface area contributed by atoms with E-state index in [1.807, 2.05) is 6.92 Å². The Bertz CT molecular complexity index is 373. The SMILES string of the molecule is CC(=N)CC(C)C(=O)c1ccc(Br)cn1. The monoisotopic (exact) mass is 268 g/mol. The minimum atomic E-state index is -0.170. The maximum atomic E-state index is 11.8. The number of nitrogens with one attached hydrogen (secondary N) is 1. The lowest BCUT2D eigenvalue weighted by atomic mass is 9.97. The Kier molecular flexibility index (Phi) is 4.15. The van der Waals surface area contributed by atoms with Gasteiger partial charge in [-0.15, -0.1) is 0 Å². The number of carbonyl (C=O) groups excluding carboxylic acids is 1. The van der Waals surface area contributed by atoms with Crippen molar-refractivity contribution < 1.29 is 4.79 Å². The van der Waals surface area contributed by atoms with E-state index in [9.17, 15) is 4.79 Å². The highest BCUT2D eigenvalue weighted by Gasteiger charge is 2.16. The zero-order valence-electron chi connectivity index (χ0n) is 8.75. The van der Waals surface area contributed by atoms with Gasteiger partial charge in [-0.1, -0.05) is 6.92 Å². The summed E-state index contributed by atoms with van der Waals surface area (Å²) in [4.78, 5) is 15.9. The molecule has 1 unspecified atom stereocenters. The Morgan fingerprint density at radius 3 is 2.73 bits per heavy atom. The van der Waals surface area contributed by atoms with Crippen LogP contribution >= 0.6 is 15.9 Å². The predicted octanol–water partition coefficient (Wildman–Crippen LogP) is 3.09. The molecule has 0 saturated heterocycles. The van der Waals surface area contributed by atoms with Gasteiger partial charge in [0.25, 0.3) is 0 Å². The number of Topliss-reactive ketones (excluding diaryl/α,β-unsaturated/α-hetero) is 1. The third-order valence-corrected chi connectivity index (χ3v) is 2.51. The molecule has 15 heavy (non-hydrogen) atoms. The number of aromatic nitrogens is 1. The van der Waals surface area contributed by atoms with Gasteiger partial charge in [0.1, 0.15) is 5.69 Å². The van der Waals surface area contributed by atoms with Crippen LogP contribution in [0.2, 0.25) is 0 Å². The summed E-state index contributed by atoms with van der Waals surface area (Å²) in [6.45, 7) is 3.53. The lowest BCUT2D eigenvalue weighted by molar-refractivity contribution is 0.0928. The Morgan fingerprint density at radius 1 is 1.60 bits per heavy atom. The molecule has 0 aromatic carbocycles. The van der Waals surface area contributed by atoms with Gasteiger partial charge in [0.05, 0.1) is 0 Å². The maximum Gasteiger partial charge on any atom is 0.184 e. The molecule has 0 spiro atoms. The van der Waals surface area contributed by atoms with Crippen molar-refractivity contribution in [2.45, 2.75) is 20.3 Å². The van der Waals surface area contributed by atoms with Gasteiger partial charge < -0.3 is 5.41 Å². The summed E-state index contributed by atoms with van der Waals surface area (Å²) in [5.74, 6) is -0.176. The Hall–Kier alpha value is -1.03. The summed E-state index contributed by atoms with van der Waals surface area (Å²) in [5.41, 5.74) is 0.986. The molecule has 0 amide bonds. The molecule has 1 heterocycles. The molecule has 1 N–H and O–H groups in total. The largest absolute Gasteiger partial charge is 0.310 e. The van der Waals surface area contributed by atoms with Gasteiger partial charge in [0.2, 0.25) is 0 Å². The van der Waals surface area contributed by atoms with E-state index < -0.39 is 0 Å². The molecule has 0 aliphatic heterocycles. The first-order valence-electron chi connectivity index (χ1n) is 4.70. The van der Waals surface area contributed by atoms with Gasteiger partial charge in [-0.05, 0) is 41.4 Å². The molecule has 0 bridgehead atoms. The molecule has 0 aliphatic rings. The molecule has 1 rings (SSSR count). The summed E-state index contributed by atoms with van der Waals surface area (Å²) >= 11 is 3.26. The number of carbonyl (C=O) groups is 1. The summed E-state index contributed by atoms with van der Waals surface area (Å²) in [6, 6.07) is 3.49. The number of halogens is 1. The zero-order valence-corrected chi connectivity index (χ0v) is 10.3. The molecular formula is C11H13BrN2O. The average molecular weight is 269 g/mol. The van der Waals surface area contributed by atoms with Gasteiger partial charge in [0.15, 0.2) is 5.78 Å². The van der Waals surface area contributed by atoms with Gasteiger partial charge in [-0.3, -0.25) is 9.78 Å². The van der Waals surface area contributed by atoms with E-state index in [1.54, 1.807) is 25.3 Å². The summed E-state index contributed by atoms with van der Waals surface area (Å²) in [5, 5.41) is 7.33. The Morgan fingerprint density at radius 2 is 2.27 bits per heavy atom. The lowest BCUT2D eigenvalue weighted by Crippen LogP contribution is -2.15. The van der Waals surface area contributed by atoms with Crippen LogP contribution in [-0.4, -0.2) is 16.5 Å². The van der Waals surface area contributed by atoms with Crippen molar-refractivity contribution in [2.24, 2.45) is 5.92 Å². The highest BCUT2D eigenvalue weighted by atomic mass is 79.9. The number of hydrogen-bond acceptors (Lipinski definition) is 3. The van der Waals surface area contributed by atoms with Crippen LogP contribution in [0.4, 0.5) is 0 Å². The first-order chi connectivity index (χ1) is 7.00. The fraction of sp³-hybridized carbons (Fsp3) is 0.364. The van der Waals surface area contributed by atoms with Gasteiger partial charge in [0, 0.05) is 22.3 Å². The maximum absolute atomic E-state index is 11.8. The fourth-order valence-electron chi connectivity index (χ4n) is 1.33. The molecule has 0 aliphatic carbocycles. The van der Waals surface area contributed by atoms with Crippen molar-refractivity contribution in [3.05, 3.63) is 28.5 Å². The number of rotatable bonds is 4. The second-order valence-corrected chi connectivity index (χ2v) is 4.53. The van der Waals surface area contributed by atoms with Crippen molar-refractivity contribution in [1.29, 1.82) is 5.41 Å². The van der Waals surface area contributed by atoms with E-state index in [0.29, 0.717) is 17.8 Å². The third kappa shape index (κ3) is 3.55. The summed E-state index contributed by atoms with van der Waals surface area (Å²) in [6.07, 6.45) is 2.10. The van der Waals surface area contributed by atoms with Crippen LogP contribution in [0.15, 0.2) is 22.8 Å². The molecule has 0 fully saturated rings. The number of ketones is 1. The Balaban J connectivity index is 2.76. The number of hydrogen-bond donors (Lipinski definition) is 1. The van der Waals surface area contributed by atoms with Crippen LogP contribution in [0.5, 0.6) is 0 Å². The average Bonchev–Trinajstić information content (AvgIpc) is 2.17. The highest BCUT2D eigenvalue weighted by molar-refractivity contribution is 9.10. The number of nitrogens with zero attached hydrogens (tertiary/aromatic N) is 1.